The smallest absolute Gasteiger partial charge is 0.182 e. The molecule has 0 aliphatic carbocycles. The van der Waals surface area contributed by atoms with Crippen LogP contribution < -0.4 is 5.73 Å². The molecule has 0 aromatic heterocycles. The van der Waals surface area contributed by atoms with Crippen LogP contribution in [0.3, 0.4) is 0 Å². The molecular weight excluding hydrogens is 314 g/mol. The van der Waals surface area contributed by atoms with Gasteiger partial charge in [0, 0.05) is 10.5 Å². The monoisotopic (exact) mass is 333 g/mol. The van der Waals surface area contributed by atoms with Gasteiger partial charge in [-0.15, -0.1) is 0 Å². The minimum Gasteiger partial charge on any atom is -0.327 e. The maximum Gasteiger partial charge on any atom is 0.182 e. The predicted octanol–water partition coefficient (Wildman–Crippen LogP) is 3.13. The molecule has 0 heterocycles. The number of halogens is 1. The summed E-state index contributed by atoms with van der Waals surface area (Å²) in [7, 11) is -3.35. The van der Waals surface area contributed by atoms with Crippen LogP contribution in [0.15, 0.2) is 33.6 Å². The molecule has 1 aromatic carbocycles. The molecule has 1 aromatic rings. The average molecular weight is 334 g/mol. The minimum atomic E-state index is -3.35. The Morgan fingerprint density at radius 2 is 2.00 bits per heavy atom. The lowest BCUT2D eigenvalue weighted by atomic mass is 10.1. The molecule has 102 valence electrons. The zero-order chi connectivity index (χ0) is 13.8. The molecule has 2 N–H and O–H groups in total. The highest BCUT2D eigenvalue weighted by Crippen LogP contribution is 2.24. The predicted molar refractivity (Wildman–Crippen MR) is 78.3 cm³/mol. The van der Waals surface area contributed by atoms with E-state index in [1.807, 2.05) is 19.9 Å². The summed E-state index contributed by atoms with van der Waals surface area (Å²) in [5.41, 5.74) is 6.01. The number of sulfone groups is 1. The van der Waals surface area contributed by atoms with Crippen molar-refractivity contribution in [2.45, 2.75) is 49.3 Å². The van der Waals surface area contributed by atoms with Gasteiger partial charge in [0.25, 0.3) is 0 Å². The van der Waals surface area contributed by atoms with Crippen molar-refractivity contribution < 1.29 is 8.42 Å². The van der Waals surface area contributed by atoms with Gasteiger partial charge in [0.15, 0.2) is 9.84 Å². The van der Waals surface area contributed by atoms with E-state index in [4.69, 9.17) is 5.73 Å². The van der Waals surface area contributed by atoms with Crippen LogP contribution in [-0.2, 0) is 9.84 Å². The first-order chi connectivity index (χ1) is 8.43. The van der Waals surface area contributed by atoms with Crippen LogP contribution in [0.25, 0.3) is 0 Å². The van der Waals surface area contributed by atoms with Gasteiger partial charge in [0.2, 0.25) is 0 Å². The summed E-state index contributed by atoms with van der Waals surface area (Å²) in [5, 5.41) is -0.508. The van der Waals surface area contributed by atoms with Gasteiger partial charge in [-0.05, 0) is 31.0 Å². The molecule has 18 heavy (non-hydrogen) atoms. The average Bonchev–Trinajstić information content (AvgIpc) is 2.30. The van der Waals surface area contributed by atoms with E-state index in [-0.39, 0.29) is 6.04 Å². The highest BCUT2D eigenvalue weighted by atomic mass is 79.9. The number of hydrogen-bond donors (Lipinski definition) is 1. The van der Waals surface area contributed by atoms with Gasteiger partial charge in [-0.1, -0.05) is 42.3 Å². The van der Waals surface area contributed by atoms with Crippen LogP contribution >= 0.6 is 15.9 Å². The third-order valence-electron chi connectivity index (χ3n) is 3.03. The molecule has 2 atom stereocenters. The largest absolute Gasteiger partial charge is 0.327 e. The van der Waals surface area contributed by atoms with E-state index in [1.165, 1.54) is 0 Å². The van der Waals surface area contributed by atoms with E-state index in [0.29, 0.717) is 11.3 Å². The molecule has 0 saturated carbocycles. The Hall–Kier alpha value is -0.390. The molecule has 3 nitrogen and oxygen atoms in total. The highest BCUT2D eigenvalue weighted by molar-refractivity contribution is 9.10. The molecule has 0 fully saturated rings. The van der Waals surface area contributed by atoms with Crippen molar-refractivity contribution in [1.82, 2.24) is 0 Å². The third kappa shape index (κ3) is 3.56. The summed E-state index contributed by atoms with van der Waals surface area (Å²) in [6.45, 7) is 3.88. The molecule has 0 bridgehead atoms. The van der Waals surface area contributed by atoms with E-state index in [2.05, 4.69) is 15.9 Å². The lowest BCUT2D eigenvalue weighted by Gasteiger charge is -2.22. The lowest BCUT2D eigenvalue weighted by Crippen LogP contribution is -2.40. The Balaban J connectivity index is 3.11. The molecule has 1 rings (SSSR count). The molecule has 0 saturated heterocycles. The standard InChI is InChI=1S/C13H20BrNO2S/c1-3-6-12(15)13(4-2)18(16,17)11-8-5-7-10(14)9-11/h5,7-9,12-13H,3-4,6,15H2,1-2H3. The van der Waals surface area contributed by atoms with Crippen LogP contribution in [0, 0.1) is 0 Å². The molecule has 0 aliphatic rings. The molecular formula is C13H20BrNO2S. The summed E-state index contributed by atoms with van der Waals surface area (Å²) < 4.78 is 25.8. The Kier molecular flexibility index (Phi) is 5.82. The molecule has 0 amide bonds. The van der Waals surface area contributed by atoms with Gasteiger partial charge in [-0.2, -0.15) is 0 Å². The zero-order valence-electron chi connectivity index (χ0n) is 10.8. The Morgan fingerprint density at radius 1 is 1.33 bits per heavy atom. The van der Waals surface area contributed by atoms with Crippen molar-refractivity contribution in [2.75, 3.05) is 0 Å². The Labute approximate surface area is 118 Å². The van der Waals surface area contributed by atoms with Crippen LogP contribution in [0.5, 0.6) is 0 Å². The maximum atomic E-state index is 12.5. The highest BCUT2D eigenvalue weighted by Gasteiger charge is 2.30. The first kappa shape index (κ1) is 15.7. The van der Waals surface area contributed by atoms with Gasteiger partial charge >= 0.3 is 0 Å². The fraction of sp³-hybridized carbons (Fsp3) is 0.538. The van der Waals surface area contributed by atoms with Gasteiger partial charge in [0.05, 0.1) is 10.1 Å². The Morgan fingerprint density at radius 3 is 2.50 bits per heavy atom. The molecule has 2 unspecified atom stereocenters. The van der Waals surface area contributed by atoms with E-state index in [0.717, 1.165) is 17.3 Å². The Bertz CT molecular complexity index is 488. The topological polar surface area (TPSA) is 60.2 Å². The third-order valence-corrected chi connectivity index (χ3v) is 5.91. The summed E-state index contributed by atoms with van der Waals surface area (Å²) in [6, 6.07) is 6.50. The second-order valence-electron chi connectivity index (χ2n) is 4.40. The van der Waals surface area contributed by atoms with E-state index < -0.39 is 15.1 Å². The zero-order valence-corrected chi connectivity index (χ0v) is 13.2. The van der Waals surface area contributed by atoms with Crippen LogP contribution in [0.2, 0.25) is 0 Å². The summed E-state index contributed by atoms with van der Waals surface area (Å²) in [6.07, 6.45) is 2.16. The van der Waals surface area contributed by atoms with Gasteiger partial charge in [0.1, 0.15) is 0 Å². The number of hydrogen-bond acceptors (Lipinski definition) is 3. The van der Waals surface area contributed by atoms with E-state index >= 15 is 0 Å². The van der Waals surface area contributed by atoms with Crippen LogP contribution in [-0.4, -0.2) is 19.7 Å². The van der Waals surface area contributed by atoms with Crippen molar-refractivity contribution in [3.8, 4) is 0 Å². The normalized spacial score (nSPS) is 15.3. The van der Waals surface area contributed by atoms with Crippen molar-refractivity contribution in [3.63, 3.8) is 0 Å². The molecule has 0 spiro atoms. The van der Waals surface area contributed by atoms with Crippen molar-refractivity contribution in [2.24, 2.45) is 5.73 Å². The minimum absolute atomic E-state index is 0.302. The SMILES string of the molecule is CCCC(N)C(CC)S(=O)(=O)c1cccc(Br)c1. The lowest BCUT2D eigenvalue weighted by molar-refractivity contribution is 0.516. The second kappa shape index (κ2) is 6.68. The van der Waals surface area contributed by atoms with Crippen molar-refractivity contribution in [3.05, 3.63) is 28.7 Å². The van der Waals surface area contributed by atoms with Crippen molar-refractivity contribution in [1.29, 1.82) is 0 Å². The fourth-order valence-electron chi connectivity index (χ4n) is 2.09. The van der Waals surface area contributed by atoms with Gasteiger partial charge in [-0.3, -0.25) is 0 Å². The van der Waals surface area contributed by atoms with Crippen LogP contribution in [0.1, 0.15) is 33.1 Å². The molecule has 0 radical (unpaired) electrons. The summed E-state index contributed by atoms with van der Waals surface area (Å²) in [5.74, 6) is 0. The number of rotatable bonds is 6. The second-order valence-corrected chi connectivity index (χ2v) is 7.48. The first-order valence-electron chi connectivity index (χ1n) is 6.18. The molecule has 5 heteroatoms. The van der Waals surface area contributed by atoms with Crippen LogP contribution in [0.4, 0.5) is 0 Å². The first-order valence-corrected chi connectivity index (χ1v) is 8.52. The summed E-state index contributed by atoms with van der Waals surface area (Å²) in [4.78, 5) is 0.343. The fourth-order valence-corrected chi connectivity index (χ4v) is 4.59. The quantitative estimate of drug-likeness (QED) is 0.869. The van der Waals surface area contributed by atoms with Crippen molar-refractivity contribution >= 4 is 25.8 Å². The van der Waals surface area contributed by atoms with Gasteiger partial charge < -0.3 is 5.73 Å². The van der Waals surface area contributed by atoms with Gasteiger partial charge in [-0.25, -0.2) is 8.42 Å². The van der Waals surface area contributed by atoms with E-state index in [9.17, 15) is 8.42 Å². The summed E-state index contributed by atoms with van der Waals surface area (Å²) >= 11 is 3.30. The maximum absolute atomic E-state index is 12.5. The number of benzene rings is 1. The number of nitrogens with two attached hydrogens (primary N) is 1. The van der Waals surface area contributed by atoms with E-state index in [1.54, 1.807) is 18.2 Å². The molecule has 0 aliphatic heterocycles.